The van der Waals surface area contributed by atoms with Gasteiger partial charge in [-0.25, -0.2) is 0 Å². The number of nitrogens with one attached hydrogen (secondary N) is 1. The number of carboxylic acids is 1. The fourth-order valence-electron chi connectivity index (χ4n) is 3.19. The van der Waals surface area contributed by atoms with E-state index in [0.29, 0.717) is 24.9 Å². The summed E-state index contributed by atoms with van der Waals surface area (Å²) in [6.07, 6.45) is 1.12. The number of carbonyl (C=O) groups excluding carboxylic acids is 2. The van der Waals surface area contributed by atoms with E-state index in [9.17, 15) is 29.6 Å². The molecule has 2 atom stereocenters. The standard InChI is InChI=1S/C17H21N3O6/c1-10-8-12(5-6-14(10)20(25)26)16(22)18-9-15(21)19-7-3-4-13(11(19)2)17(23)24/h5-6,8,11,13H,3-4,7,9H2,1-2H3,(H,18,22)(H,23,24)/t11-,13-/m1/s1. The average molecular weight is 363 g/mol. The maximum Gasteiger partial charge on any atom is 0.308 e. The summed E-state index contributed by atoms with van der Waals surface area (Å²) in [5.74, 6) is -2.41. The van der Waals surface area contributed by atoms with E-state index in [0.717, 1.165) is 0 Å². The predicted molar refractivity (Wildman–Crippen MR) is 91.7 cm³/mol. The Morgan fingerprint density at radius 1 is 1.38 bits per heavy atom. The van der Waals surface area contributed by atoms with Crippen LogP contribution in [-0.4, -0.2) is 51.8 Å². The van der Waals surface area contributed by atoms with Crippen molar-refractivity contribution in [1.82, 2.24) is 10.2 Å². The van der Waals surface area contributed by atoms with Crippen molar-refractivity contribution in [3.05, 3.63) is 39.4 Å². The van der Waals surface area contributed by atoms with Crippen molar-refractivity contribution in [3.63, 3.8) is 0 Å². The van der Waals surface area contributed by atoms with Gasteiger partial charge in [0.05, 0.1) is 17.4 Å². The molecule has 0 aliphatic carbocycles. The van der Waals surface area contributed by atoms with Gasteiger partial charge in [0, 0.05) is 29.8 Å². The molecule has 1 fully saturated rings. The Kier molecular flexibility index (Phi) is 5.91. The number of carboxylic acid groups (broad SMARTS) is 1. The third kappa shape index (κ3) is 4.16. The molecule has 0 spiro atoms. The van der Waals surface area contributed by atoms with Gasteiger partial charge in [0.2, 0.25) is 5.91 Å². The van der Waals surface area contributed by atoms with Crippen molar-refractivity contribution >= 4 is 23.5 Å². The lowest BCUT2D eigenvalue weighted by Gasteiger charge is -2.37. The second kappa shape index (κ2) is 7.94. The molecule has 1 aromatic rings. The number of piperidine rings is 1. The molecule has 0 radical (unpaired) electrons. The Morgan fingerprint density at radius 2 is 2.08 bits per heavy atom. The Morgan fingerprint density at radius 3 is 2.65 bits per heavy atom. The highest BCUT2D eigenvalue weighted by Crippen LogP contribution is 2.23. The maximum absolute atomic E-state index is 12.4. The van der Waals surface area contributed by atoms with Gasteiger partial charge in [-0.2, -0.15) is 0 Å². The molecule has 9 nitrogen and oxygen atoms in total. The zero-order chi connectivity index (χ0) is 19.4. The number of hydrogen-bond acceptors (Lipinski definition) is 5. The lowest BCUT2D eigenvalue weighted by molar-refractivity contribution is -0.385. The number of benzene rings is 1. The fraction of sp³-hybridized carbons (Fsp3) is 0.471. The third-order valence-corrected chi connectivity index (χ3v) is 4.68. The van der Waals surface area contributed by atoms with Gasteiger partial charge < -0.3 is 15.3 Å². The summed E-state index contributed by atoms with van der Waals surface area (Å²) >= 11 is 0. The molecule has 140 valence electrons. The van der Waals surface area contributed by atoms with Crippen molar-refractivity contribution in [3.8, 4) is 0 Å². The summed E-state index contributed by atoms with van der Waals surface area (Å²) in [4.78, 5) is 47.5. The van der Waals surface area contributed by atoms with Gasteiger partial charge >= 0.3 is 5.97 Å². The smallest absolute Gasteiger partial charge is 0.308 e. The number of carbonyl (C=O) groups is 3. The zero-order valence-electron chi connectivity index (χ0n) is 14.6. The molecule has 2 amide bonds. The molecule has 1 aliphatic heterocycles. The highest BCUT2D eigenvalue weighted by atomic mass is 16.6. The number of nitro benzene ring substituents is 1. The number of hydrogen-bond donors (Lipinski definition) is 2. The molecule has 26 heavy (non-hydrogen) atoms. The first-order chi connectivity index (χ1) is 12.2. The molecular weight excluding hydrogens is 342 g/mol. The van der Waals surface area contributed by atoms with Gasteiger partial charge in [-0.05, 0) is 38.8 Å². The highest BCUT2D eigenvalue weighted by molar-refractivity contribution is 5.97. The molecule has 2 rings (SSSR count). The Bertz CT molecular complexity index is 748. The van der Waals surface area contributed by atoms with Crippen LogP contribution in [0.4, 0.5) is 5.69 Å². The average Bonchev–Trinajstić information content (AvgIpc) is 2.58. The summed E-state index contributed by atoms with van der Waals surface area (Å²) in [7, 11) is 0. The number of amides is 2. The third-order valence-electron chi connectivity index (χ3n) is 4.68. The van der Waals surface area contributed by atoms with E-state index in [1.54, 1.807) is 6.92 Å². The van der Waals surface area contributed by atoms with Crippen LogP contribution in [0.3, 0.4) is 0 Å². The molecule has 1 heterocycles. The molecule has 0 aromatic heterocycles. The fourth-order valence-corrected chi connectivity index (χ4v) is 3.19. The van der Waals surface area contributed by atoms with E-state index in [2.05, 4.69) is 5.32 Å². The van der Waals surface area contributed by atoms with E-state index in [1.807, 2.05) is 0 Å². The summed E-state index contributed by atoms with van der Waals surface area (Å²) in [5, 5.41) is 22.5. The number of nitrogens with zero attached hydrogens (tertiary/aromatic N) is 2. The SMILES string of the molecule is Cc1cc(C(=O)NCC(=O)N2CCC[C@@H](C(=O)O)[C@H]2C)ccc1[N+](=O)[O-]. The Hall–Kier alpha value is -2.97. The number of rotatable bonds is 5. The van der Waals surface area contributed by atoms with Crippen molar-refractivity contribution in [2.75, 3.05) is 13.1 Å². The van der Waals surface area contributed by atoms with Gasteiger partial charge in [0.1, 0.15) is 0 Å². The van der Waals surface area contributed by atoms with E-state index in [1.165, 1.54) is 30.0 Å². The second-order valence-corrected chi connectivity index (χ2v) is 6.36. The zero-order valence-corrected chi connectivity index (χ0v) is 14.6. The topological polar surface area (TPSA) is 130 Å². The summed E-state index contributed by atoms with van der Waals surface area (Å²) in [6.45, 7) is 3.42. The van der Waals surface area contributed by atoms with Crippen LogP contribution in [0.1, 0.15) is 35.7 Å². The molecule has 0 bridgehead atoms. The van der Waals surface area contributed by atoms with Crippen LogP contribution in [-0.2, 0) is 9.59 Å². The first-order valence-corrected chi connectivity index (χ1v) is 8.28. The van der Waals surface area contributed by atoms with Crippen LogP contribution in [0.15, 0.2) is 18.2 Å². The summed E-state index contributed by atoms with van der Waals surface area (Å²) in [6, 6.07) is 3.53. The molecule has 9 heteroatoms. The number of aryl methyl sites for hydroxylation is 1. The lowest BCUT2D eigenvalue weighted by atomic mass is 9.90. The van der Waals surface area contributed by atoms with Crippen molar-refractivity contribution in [2.45, 2.75) is 32.7 Å². The molecule has 2 N–H and O–H groups in total. The number of aliphatic carboxylic acids is 1. The van der Waals surface area contributed by atoms with Gasteiger partial charge in [-0.3, -0.25) is 24.5 Å². The number of likely N-dealkylation sites (tertiary alicyclic amines) is 1. The van der Waals surface area contributed by atoms with Gasteiger partial charge in [-0.15, -0.1) is 0 Å². The summed E-state index contributed by atoms with van der Waals surface area (Å²) < 4.78 is 0. The number of nitro groups is 1. The van der Waals surface area contributed by atoms with Crippen LogP contribution < -0.4 is 5.32 Å². The quantitative estimate of drug-likeness (QED) is 0.600. The lowest BCUT2D eigenvalue weighted by Crippen LogP contribution is -2.51. The molecule has 0 unspecified atom stereocenters. The first kappa shape index (κ1) is 19.4. The molecule has 1 saturated heterocycles. The minimum absolute atomic E-state index is 0.0838. The minimum Gasteiger partial charge on any atom is -0.481 e. The van der Waals surface area contributed by atoms with E-state index in [-0.39, 0.29) is 23.7 Å². The first-order valence-electron chi connectivity index (χ1n) is 8.28. The van der Waals surface area contributed by atoms with Crippen molar-refractivity contribution in [1.29, 1.82) is 0 Å². The second-order valence-electron chi connectivity index (χ2n) is 6.36. The van der Waals surface area contributed by atoms with Crippen molar-refractivity contribution < 1.29 is 24.4 Å². The molecular formula is C17H21N3O6. The Labute approximate surface area is 150 Å². The van der Waals surface area contributed by atoms with E-state index >= 15 is 0 Å². The minimum atomic E-state index is -0.930. The van der Waals surface area contributed by atoms with Gasteiger partial charge in [-0.1, -0.05) is 0 Å². The largest absolute Gasteiger partial charge is 0.481 e. The van der Waals surface area contributed by atoms with Gasteiger partial charge in [0.15, 0.2) is 0 Å². The normalized spacial score (nSPS) is 19.7. The van der Waals surface area contributed by atoms with E-state index in [4.69, 9.17) is 0 Å². The monoisotopic (exact) mass is 363 g/mol. The van der Waals surface area contributed by atoms with Crippen LogP contribution in [0, 0.1) is 23.0 Å². The molecule has 0 saturated carbocycles. The highest BCUT2D eigenvalue weighted by Gasteiger charge is 2.35. The van der Waals surface area contributed by atoms with Gasteiger partial charge in [0.25, 0.3) is 11.6 Å². The van der Waals surface area contributed by atoms with Crippen LogP contribution >= 0.6 is 0 Å². The van der Waals surface area contributed by atoms with Crippen LogP contribution in [0.5, 0.6) is 0 Å². The Balaban J connectivity index is 1.98. The van der Waals surface area contributed by atoms with E-state index < -0.39 is 28.8 Å². The van der Waals surface area contributed by atoms with Crippen LogP contribution in [0.2, 0.25) is 0 Å². The summed E-state index contributed by atoms with van der Waals surface area (Å²) in [5.41, 5.74) is 0.485. The van der Waals surface area contributed by atoms with Crippen molar-refractivity contribution in [2.24, 2.45) is 5.92 Å². The maximum atomic E-state index is 12.4. The molecule has 1 aromatic carbocycles. The van der Waals surface area contributed by atoms with Crippen LogP contribution in [0.25, 0.3) is 0 Å². The molecule has 1 aliphatic rings. The predicted octanol–water partition coefficient (Wildman–Crippen LogP) is 1.34.